The molecule has 0 spiro atoms. The monoisotopic (exact) mass is 292 g/mol. The van der Waals surface area contributed by atoms with Gasteiger partial charge in [-0.25, -0.2) is 0 Å². The number of para-hydroxylation sites is 2. The van der Waals surface area contributed by atoms with Gasteiger partial charge >= 0.3 is 0 Å². The maximum absolute atomic E-state index is 9.51. The van der Waals surface area contributed by atoms with Crippen LogP contribution in [-0.4, -0.2) is 38.2 Å². The van der Waals surface area contributed by atoms with Crippen LogP contribution in [0.3, 0.4) is 0 Å². The van der Waals surface area contributed by atoms with E-state index in [0.29, 0.717) is 11.3 Å². The third kappa shape index (κ3) is 3.56. The summed E-state index contributed by atoms with van der Waals surface area (Å²) >= 11 is 0. The fourth-order valence-corrected chi connectivity index (χ4v) is 1.83. The van der Waals surface area contributed by atoms with Crippen molar-refractivity contribution in [1.29, 1.82) is 0 Å². The Kier molecular flexibility index (Phi) is 4.52. The van der Waals surface area contributed by atoms with E-state index in [-0.39, 0.29) is 23.9 Å². The summed E-state index contributed by atoms with van der Waals surface area (Å²) in [6, 6.07) is 10.6. The van der Waals surface area contributed by atoms with Crippen LogP contribution in [0.5, 0.6) is 23.0 Å². The third-order valence-corrected chi connectivity index (χ3v) is 2.97. The third-order valence-electron chi connectivity index (χ3n) is 2.97. The normalized spacial score (nSPS) is 19.7. The second-order valence-electron chi connectivity index (χ2n) is 4.53. The van der Waals surface area contributed by atoms with Crippen LogP contribution in [0, 0.1) is 0 Å². The van der Waals surface area contributed by atoms with Crippen molar-refractivity contribution in [3.8, 4) is 23.0 Å². The molecule has 0 saturated carbocycles. The number of rotatable bonds is 0. The van der Waals surface area contributed by atoms with Crippen LogP contribution in [0.25, 0.3) is 0 Å². The first-order chi connectivity index (χ1) is 9.99. The van der Waals surface area contributed by atoms with Crippen molar-refractivity contribution < 1.29 is 30.3 Å². The molecule has 2 aromatic carbocycles. The van der Waals surface area contributed by atoms with Gasteiger partial charge in [-0.15, -0.1) is 0 Å². The van der Waals surface area contributed by atoms with Crippen molar-refractivity contribution in [2.45, 2.75) is 12.2 Å². The van der Waals surface area contributed by atoms with Crippen LogP contribution in [-0.2, 0) is 0 Å². The zero-order valence-electron chi connectivity index (χ0n) is 11.0. The van der Waals surface area contributed by atoms with E-state index >= 15 is 0 Å². The Morgan fingerprint density at radius 1 is 0.905 bits per heavy atom. The van der Waals surface area contributed by atoms with E-state index < -0.39 is 12.2 Å². The second kappa shape index (κ2) is 6.34. The molecular weight excluding hydrogens is 276 g/mol. The van der Waals surface area contributed by atoms with Crippen LogP contribution in [0.15, 0.2) is 42.5 Å². The van der Waals surface area contributed by atoms with Gasteiger partial charge in [0, 0.05) is 11.6 Å². The number of ether oxygens (including phenoxy) is 1. The highest BCUT2D eigenvalue weighted by molar-refractivity contribution is 5.42. The lowest BCUT2D eigenvalue weighted by Crippen LogP contribution is -2.30. The number of hydrogen-bond acceptors (Lipinski definition) is 6. The molecular formula is C15H16O6. The molecule has 0 amide bonds. The average Bonchev–Trinajstić information content (AvgIpc) is 2.47. The highest BCUT2D eigenvalue weighted by atomic mass is 16.5. The Bertz CT molecular complexity index is 592. The molecule has 2 aromatic rings. The van der Waals surface area contributed by atoms with Gasteiger partial charge in [0.15, 0.2) is 11.5 Å². The zero-order chi connectivity index (χ0) is 15.4. The molecule has 5 N–H and O–H groups in total. The molecule has 1 aliphatic rings. The number of hydrogen-bond donors (Lipinski definition) is 5. The van der Waals surface area contributed by atoms with Crippen molar-refractivity contribution >= 4 is 0 Å². The zero-order valence-corrected chi connectivity index (χ0v) is 11.0. The second-order valence-corrected chi connectivity index (χ2v) is 4.53. The molecule has 0 bridgehead atoms. The Morgan fingerprint density at radius 3 is 2.10 bits per heavy atom. The molecule has 1 aliphatic heterocycles. The van der Waals surface area contributed by atoms with Crippen LogP contribution in [0.2, 0.25) is 0 Å². The molecule has 6 nitrogen and oxygen atoms in total. The summed E-state index contributed by atoms with van der Waals surface area (Å²) in [6.45, 7) is 0.0532. The first-order valence-corrected chi connectivity index (χ1v) is 6.28. The molecule has 0 saturated heterocycles. The molecule has 21 heavy (non-hydrogen) atoms. The fraction of sp³-hybridized carbons (Fsp3) is 0.200. The van der Waals surface area contributed by atoms with Crippen LogP contribution >= 0.6 is 0 Å². The number of fused-ring (bicyclic) bond motifs is 1. The van der Waals surface area contributed by atoms with Crippen LogP contribution < -0.4 is 4.74 Å². The van der Waals surface area contributed by atoms with E-state index in [4.69, 9.17) is 20.1 Å². The van der Waals surface area contributed by atoms with E-state index in [0.717, 1.165) is 0 Å². The largest absolute Gasteiger partial charge is 0.508 e. The van der Waals surface area contributed by atoms with E-state index in [1.54, 1.807) is 12.1 Å². The predicted molar refractivity (Wildman–Crippen MR) is 74.3 cm³/mol. The fourth-order valence-electron chi connectivity index (χ4n) is 1.83. The molecule has 2 atom stereocenters. The Hall–Kier alpha value is -2.44. The molecule has 112 valence electrons. The van der Waals surface area contributed by atoms with Crippen molar-refractivity contribution in [3.63, 3.8) is 0 Å². The maximum Gasteiger partial charge on any atom is 0.157 e. The minimum Gasteiger partial charge on any atom is -0.508 e. The Labute approximate surface area is 121 Å². The number of aliphatic hydroxyl groups excluding tert-OH is 2. The SMILES string of the molecule is Oc1ccc2c(c1)OCC(O)C2O.Oc1ccccc1O. The molecule has 1 heterocycles. The number of aliphatic hydroxyl groups is 2. The minimum atomic E-state index is -0.927. The standard InChI is InChI=1S/C9H10O4.C6H6O2/c10-5-1-2-6-8(3-5)13-4-7(11)9(6)12;7-5-3-1-2-4-6(5)8/h1-3,7,9-12H,4H2;1-4,7-8H. The van der Waals surface area contributed by atoms with Gasteiger partial charge in [0.25, 0.3) is 0 Å². The molecule has 6 heteroatoms. The van der Waals surface area contributed by atoms with Gasteiger partial charge in [0.2, 0.25) is 0 Å². The number of phenols is 3. The number of phenolic OH excluding ortho intramolecular Hbond substituents is 3. The van der Waals surface area contributed by atoms with Gasteiger partial charge in [0.1, 0.15) is 30.3 Å². The summed E-state index contributed by atoms with van der Waals surface area (Å²) in [7, 11) is 0. The molecule has 3 rings (SSSR count). The molecule has 0 fully saturated rings. The molecule has 0 aromatic heterocycles. The van der Waals surface area contributed by atoms with Gasteiger partial charge in [-0.1, -0.05) is 12.1 Å². The number of benzene rings is 2. The minimum absolute atomic E-state index is 0.0532. The Morgan fingerprint density at radius 2 is 1.52 bits per heavy atom. The first kappa shape index (κ1) is 15.0. The molecule has 0 radical (unpaired) electrons. The average molecular weight is 292 g/mol. The summed E-state index contributed by atoms with van der Waals surface area (Å²) in [4.78, 5) is 0. The van der Waals surface area contributed by atoms with Gasteiger partial charge in [-0.3, -0.25) is 0 Å². The predicted octanol–water partition coefficient (Wildman–Crippen LogP) is 1.28. The van der Waals surface area contributed by atoms with Gasteiger partial charge in [0.05, 0.1) is 0 Å². The molecule has 0 aliphatic carbocycles. The van der Waals surface area contributed by atoms with Crippen LogP contribution in [0.1, 0.15) is 11.7 Å². The van der Waals surface area contributed by atoms with E-state index in [1.807, 2.05) is 0 Å². The van der Waals surface area contributed by atoms with Crippen LogP contribution in [0.4, 0.5) is 0 Å². The van der Waals surface area contributed by atoms with Crippen molar-refractivity contribution in [1.82, 2.24) is 0 Å². The smallest absolute Gasteiger partial charge is 0.157 e. The highest BCUT2D eigenvalue weighted by Crippen LogP contribution is 2.34. The van der Waals surface area contributed by atoms with E-state index in [9.17, 15) is 10.2 Å². The summed E-state index contributed by atoms with van der Waals surface area (Å²) in [5.74, 6) is 0.361. The lowest BCUT2D eigenvalue weighted by molar-refractivity contribution is -0.0256. The lowest BCUT2D eigenvalue weighted by Gasteiger charge is -2.26. The van der Waals surface area contributed by atoms with E-state index in [2.05, 4.69) is 0 Å². The maximum atomic E-state index is 9.51. The van der Waals surface area contributed by atoms with Gasteiger partial charge in [-0.2, -0.15) is 0 Å². The van der Waals surface area contributed by atoms with Crippen molar-refractivity contribution in [2.75, 3.05) is 6.61 Å². The summed E-state index contributed by atoms with van der Waals surface area (Å²) in [5.41, 5.74) is 0.511. The summed E-state index contributed by atoms with van der Waals surface area (Å²) < 4.78 is 5.12. The van der Waals surface area contributed by atoms with Crippen molar-refractivity contribution in [2.24, 2.45) is 0 Å². The van der Waals surface area contributed by atoms with Crippen molar-refractivity contribution in [3.05, 3.63) is 48.0 Å². The highest BCUT2D eigenvalue weighted by Gasteiger charge is 2.27. The summed E-state index contributed by atoms with van der Waals surface area (Å²) in [5, 5.41) is 45.2. The van der Waals surface area contributed by atoms with Gasteiger partial charge < -0.3 is 30.3 Å². The first-order valence-electron chi connectivity index (χ1n) is 6.28. The quantitative estimate of drug-likeness (QED) is 0.468. The molecule has 2 unspecified atom stereocenters. The Balaban J connectivity index is 0.000000173. The van der Waals surface area contributed by atoms with Gasteiger partial charge in [-0.05, 0) is 24.3 Å². The lowest BCUT2D eigenvalue weighted by atomic mass is 10.0. The summed E-state index contributed by atoms with van der Waals surface area (Å²) in [6.07, 6.45) is -1.82. The number of aromatic hydroxyl groups is 3. The van der Waals surface area contributed by atoms with E-state index in [1.165, 1.54) is 30.3 Å². The topological polar surface area (TPSA) is 110 Å².